The highest BCUT2D eigenvalue weighted by molar-refractivity contribution is 7.99. The molecule has 4 heterocycles. The van der Waals surface area contributed by atoms with Gasteiger partial charge in [-0.15, -0.1) is 10.2 Å². The van der Waals surface area contributed by atoms with Crippen molar-refractivity contribution in [2.75, 3.05) is 19.4 Å². The number of carbonyl (C=O) groups is 1. The Bertz CT molecular complexity index is 1470. The van der Waals surface area contributed by atoms with Crippen LogP contribution in [0.15, 0.2) is 81.0 Å². The first kappa shape index (κ1) is 25.1. The van der Waals surface area contributed by atoms with Gasteiger partial charge in [0.15, 0.2) is 10.3 Å². The lowest BCUT2D eigenvalue weighted by atomic mass is 10.3. The summed E-state index contributed by atoms with van der Waals surface area (Å²) in [4.78, 5) is 34.1. The number of fused-ring (bicyclic) bond motifs is 1. The van der Waals surface area contributed by atoms with Crippen molar-refractivity contribution in [3.05, 3.63) is 66.7 Å². The molecule has 0 bridgehead atoms. The SMILES string of the molecule is CC(Oc1ccc(Sc2ccc(Sc3nnc[nH]3)nc2C(=O)Nc2nc3cccnc3s2)cc1)N(C)C. The van der Waals surface area contributed by atoms with Crippen molar-refractivity contribution in [2.24, 2.45) is 0 Å². The molecule has 0 radical (unpaired) electrons. The van der Waals surface area contributed by atoms with Gasteiger partial charge in [-0.05, 0) is 81.3 Å². The van der Waals surface area contributed by atoms with Gasteiger partial charge >= 0.3 is 0 Å². The first-order valence-electron chi connectivity index (χ1n) is 11.1. The fourth-order valence-corrected chi connectivity index (χ4v) is 5.44. The van der Waals surface area contributed by atoms with Crippen LogP contribution in [0.2, 0.25) is 0 Å². The predicted octanol–water partition coefficient (Wildman–Crippen LogP) is 5.05. The zero-order valence-electron chi connectivity index (χ0n) is 20.1. The Kier molecular flexibility index (Phi) is 7.65. The Balaban J connectivity index is 1.40. The summed E-state index contributed by atoms with van der Waals surface area (Å²) >= 11 is 4.04. The highest BCUT2D eigenvalue weighted by atomic mass is 32.2. The second-order valence-electron chi connectivity index (χ2n) is 7.95. The Labute approximate surface area is 225 Å². The molecule has 37 heavy (non-hydrogen) atoms. The summed E-state index contributed by atoms with van der Waals surface area (Å²) in [6.45, 7) is 1.99. The number of nitrogens with one attached hydrogen (secondary N) is 2. The van der Waals surface area contributed by atoms with E-state index in [1.807, 2.05) is 74.4 Å². The molecule has 0 spiro atoms. The first-order chi connectivity index (χ1) is 17.9. The smallest absolute Gasteiger partial charge is 0.277 e. The third-order valence-corrected chi connectivity index (χ3v) is 7.90. The van der Waals surface area contributed by atoms with Crippen molar-refractivity contribution in [1.29, 1.82) is 0 Å². The molecule has 0 aliphatic rings. The lowest BCUT2D eigenvalue weighted by Crippen LogP contribution is -2.30. The molecule has 2 N–H and O–H groups in total. The van der Waals surface area contributed by atoms with Crippen LogP contribution >= 0.6 is 34.9 Å². The van der Waals surface area contributed by atoms with Crippen LogP contribution in [0.4, 0.5) is 5.13 Å². The minimum absolute atomic E-state index is 0.0508. The fourth-order valence-electron chi connectivity index (χ4n) is 3.07. The largest absolute Gasteiger partial charge is 0.475 e. The average Bonchev–Trinajstić information content (AvgIpc) is 3.55. The zero-order valence-corrected chi connectivity index (χ0v) is 22.5. The van der Waals surface area contributed by atoms with Gasteiger partial charge in [-0.2, -0.15) is 0 Å². The molecule has 1 atom stereocenters. The van der Waals surface area contributed by atoms with E-state index in [0.29, 0.717) is 20.2 Å². The Hall–Kier alpha value is -3.52. The third-order valence-electron chi connectivity index (χ3n) is 5.12. The van der Waals surface area contributed by atoms with Gasteiger partial charge in [0, 0.05) is 16.0 Å². The van der Waals surface area contributed by atoms with Gasteiger partial charge in [-0.25, -0.2) is 15.0 Å². The number of thiazole rings is 1. The van der Waals surface area contributed by atoms with Crippen molar-refractivity contribution >= 4 is 56.2 Å². The number of hydrogen-bond acceptors (Lipinski definition) is 11. The molecule has 13 heteroatoms. The average molecular weight is 551 g/mol. The molecule has 5 rings (SSSR count). The zero-order chi connectivity index (χ0) is 25.8. The van der Waals surface area contributed by atoms with Crippen molar-refractivity contribution in [3.8, 4) is 5.75 Å². The van der Waals surface area contributed by atoms with Gasteiger partial charge < -0.3 is 9.72 Å². The van der Waals surface area contributed by atoms with E-state index >= 15 is 0 Å². The summed E-state index contributed by atoms with van der Waals surface area (Å²) in [5, 5.41) is 12.3. The molecule has 0 aliphatic carbocycles. The van der Waals surface area contributed by atoms with Crippen LogP contribution in [0.1, 0.15) is 17.4 Å². The molecule has 188 valence electrons. The maximum atomic E-state index is 13.4. The van der Waals surface area contributed by atoms with E-state index in [1.165, 1.54) is 41.2 Å². The molecule has 1 unspecified atom stereocenters. The van der Waals surface area contributed by atoms with E-state index in [9.17, 15) is 4.79 Å². The molecule has 0 saturated heterocycles. The van der Waals surface area contributed by atoms with Crippen LogP contribution in [0.5, 0.6) is 5.75 Å². The maximum absolute atomic E-state index is 13.4. The van der Waals surface area contributed by atoms with Crippen LogP contribution in [-0.2, 0) is 0 Å². The van der Waals surface area contributed by atoms with Crippen LogP contribution in [0.25, 0.3) is 10.3 Å². The molecule has 1 aromatic carbocycles. The molecule has 0 aliphatic heterocycles. The van der Waals surface area contributed by atoms with Crippen molar-refractivity contribution < 1.29 is 9.53 Å². The standard InChI is InChI=1S/C24H22N8O2S3/c1-14(32(2)3)34-15-6-8-16(9-7-15)35-18-10-11-19(36-23-26-13-27-31-23)29-20(18)21(33)30-24-28-17-5-4-12-25-22(17)37-24/h4-14H,1-3H3,(H,26,27,31)(H,28,30,33). The number of hydrogen-bond donors (Lipinski definition) is 2. The number of ether oxygens (including phenoxy) is 1. The van der Waals surface area contributed by atoms with Crippen LogP contribution in [0.3, 0.4) is 0 Å². The number of nitrogens with zero attached hydrogens (tertiary/aromatic N) is 6. The minimum Gasteiger partial charge on any atom is -0.475 e. The topological polar surface area (TPSA) is 122 Å². The van der Waals surface area contributed by atoms with Gasteiger partial charge in [0.1, 0.15) is 39.4 Å². The number of aromatic nitrogens is 6. The molecular formula is C24H22N8O2S3. The van der Waals surface area contributed by atoms with Crippen LogP contribution in [-0.4, -0.2) is 61.3 Å². The molecule has 10 nitrogen and oxygen atoms in total. The summed E-state index contributed by atoms with van der Waals surface area (Å²) in [6, 6.07) is 15.1. The van der Waals surface area contributed by atoms with E-state index in [1.54, 1.807) is 6.20 Å². The third kappa shape index (κ3) is 6.25. The number of carbonyl (C=O) groups excluding carboxylic acids is 1. The second-order valence-corrected chi connectivity index (χ2v) is 11.0. The van der Waals surface area contributed by atoms with E-state index in [0.717, 1.165) is 21.0 Å². The molecule has 0 fully saturated rings. The highest BCUT2D eigenvalue weighted by Gasteiger charge is 2.19. The van der Waals surface area contributed by atoms with Crippen molar-refractivity contribution in [3.63, 3.8) is 0 Å². The number of H-pyrrole nitrogens is 1. The Morgan fingerprint density at radius 2 is 1.95 bits per heavy atom. The summed E-state index contributed by atoms with van der Waals surface area (Å²) < 4.78 is 5.91. The molecule has 0 saturated carbocycles. The van der Waals surface area contributed by atoms with Gasteiger partial charge in [0.25, 0.3) is 5.91 Å². The predicted molar refractivity (Wildman–Crippen MR) is 144 cm³/mol. The molecular weight excluding hydrogens is 529 g/mol. The van der Waals surface area contributed by atoms with E-state index in [2.05, 4.69) is 35.5 Å². The lowest BCUT2D eigenvalue weighted by molar-refractivity contribution is 0.0815. The maximum Gasteiger partial charge on any atom is 0.277 e. The van der Waals surface area contributed by atoms with Crippen LogP contribution in [0, 0.1) is 0 Å². The van der Waals surface area contributed by atoms with Crippen molar-refractivity contribution in [1.82, 2.24) is 35.0 Å². The van der Waals surface area contributed by atoms with E-state index < -0.39 is 0 Å². The molecule has 5 aromatic rings. The van der Waals surface area contributed by atoms with Crippen LogP contribution < -0.4 is 10.1 Å². The Morgan fingerprint density at radius 3 is 2.68 bits per heavy atom. The van der Waals surface area contributed by atoms with Gasteiger partial charge in [0.2, 0.25) is 0 Å². The summed E-state index contributed by atoms with van der Waals surface area (Å²) in [7, 11) is 3.92. The van der Waals surface area contributed by atoms with Gasteiger partial charge in [-0.3, -0.25) is 15.0 Å². The Morgan fingerprint density at radius 1 is 1.11 bits per heavy atom. The number of benzene rings is 1. The lowest BCUT2D eigenvalue weighted by Gasteiger charge is -2.21. The minimum atomic E-state index is -0.360. The normalized spacial score (nSPS) is 12.1. The molecule has 4 aromatic heterocycles. The van der Waals surface area contributed by atoms with Crippen molar-refractivity contribution in [2.45, 2.75) is 33.1 Å². The monoisotopic (exact) mass is 550 g/mol. The summed E-state index contributed by atoms with van der Waals surface area (Å²) in [6.07, 6.45) is 3.14. The fraction of sp³-hybridized carbons (Fsp3) is 0.167. The first-order valence-corrected chi connectivity index (χ1v) is 13.6. The van der Waals surface area contributed by atoms with E-state index in [-0.39, 0.29) is 17.8 Å². The number of anilines is 1. The highest BCUT2D eigenvalue weighted by Crippen LogP contribution is 2.34. The van der Waals surface area contributed by atoms with Gasteiger partial charge in [-0.1, -0.05) is 23.1 Å². The number of aromatic amines is 1. The van der Waals surface area contributed by atoms with Gasteiger partial charge in [0.05, 0.1) is 0 Å². The summed E-state index contributed by atoms with van der Waals surface area (Å²) in [5.74, 6) is 0.409. The summed E-state index contributed by atoms with van der Waals surface area (Å²) in [5.41, 5.74) is 1.01. The quantitative estimate of drug-likeness (QED) is 0.241. The molecule has 1 amide bonds. The number of pyridine rings is 2. The number of rotatable bonds is 9. The number of amides is 1. The second kappa shape index (κ2) is 11.3. The van der Waals surface area contributed by atoms with E-state index in [4.69, 9.17) is 4.74 Å².